The van der Waals surface area contributed by atoms with E-state index in [2.05, 4.69) is 10.6 Å². The topological polar surface area (TPSA) is 70.7 Å². The Morgan fingerprint density at radius 2 is 1.91 bits per heavy atom. The second-order valence-electron chi connectivity index (χ2n) is 6.85. The van der Waals surface area contributed by atoms with Gasteiger partial charge in [0.2, 0.25) is 11.8 Å². The van der Waals surface area contributed by atoms with E-state index in [1.54, 1.807) is 7.05 Å². The molecule has 0 bridgehead atoms. The molecule has 2 rings (SSSR count). The molecule has 2 N–H and O–H groups in total. The van der Waals surface area contributed by atoms with Crippen LogP contribution in [0.15, 0.2) is 0 Å². The van der Waals surface area contributed by atoms with Gasteiger partial charge in [-0.05, 0) is 39.7 Å². The molecule has 132 valence electrons. The van der Waals surface area contributed by atoms with Gasteiger partial charge in [-0.1, -0.05) is 19.3 Å². The molecule has 0 radical (unpaired) electrons. The quantitative estimate of drug-likeness (QED) is 0.788. The fraction of sp³-hybridized carbons (Fsp3) is 0.882. The molecule has 2 amide bonds. The van der Waals surface area contributed by atoms with Gasteiger partial charge in [0.15, 0.2) is 0 Å². The summed E-state index contributed by atoms with van der Waals surface area (Å²) in [5.74, 6) is 0.209. The smallest absolute Gasteiger partial charge is 0.245 e. The van der Waals surface area contributed by atoms with Crippen LogP contribution < -0.4 is 10.6 Å². The lowest BCUT2D eigenvalue weighted by molar-refractivity contribution is -0.145. The third kappa shape index (κ3) is 4.67. The summed E-state index contributed by atoms with van der Waals surface area (Å²) in [5.41, 5.74) is 0. The van der Waals surface area contributed by atoms with E-state index in [-0.39, 0.29) is 29.8 Å². The van der Waals surface area contributed by atoms with Crippen molar-refractivity contribution in [3.05, 3.63) is 0 Å². The van der Waals surface area contributed by atoms with Crippen molar-refractivity contribution in [1.29, 1.82) is 0 Å². The van der Waals surface area contributed by atoms with Crippen LogP contribution >= 0.6 is 0 Å². The highest BCUT2D eigenvalue weighted by molar-refractivity contribution is 5.90. The van der Waals surface area contributed by atoms with E-state index >= 15 is 0 Å². The van der Waals surface area contributed by atoms with Gasteiger partial charge in [-0.2, -0.15) is 0 Å². The molecule has 1 saturated carbocycles. The third-order valence-corrected chi connectivity index (χ3v) is 5.16. The summed E-state index contributed by atoms with van der Waals surface area (Å²) >= 11 is 0. The molecule has 1 saturated heterocycles. The molecule has 2 fully saturated rings. The van der Waals surface area contributed by atoms with Crippen LogP contribution in [0.25, 0.3) is 0 Å². The zero-order valence-corrected chi connectivity index (χ0v) is 14.6. The van der Waals surface area contributed by atoms with Crippen LogP contribution in [-0.4, -0.2) is 61.6 Å². The average Bonchev–Trinajstić information content (AvgIpc) is 2.59. The first-order chi connectivity index (χ1) is 11.0. The molecule has 3 atom stereocenters. The van der Waals surface area contributed by atoms with Crippen molar-refractivity contribution in [3.8, 4) is 0 Å². The van der Waals surface area contributed by atoms with Crippen molar-refractivity contribution >= 4 is 11.8 Å². The second-order valence-corrected chi connectivity index (χ2v) is 6.85. The summed E-state index contributed by atoms with van der Waals surface area (Å²) in [6.07, 6.45) is 5.55. The van der Waals surface area contributed by atoms with Crippen molar-refractivity contribution in [2.45, 2.75) is 64.1 Å². The third-order valence-electron chi connectivity index (χ3n) is 5.16. The Morgan fingerprint density at radius 3 is 2.52 bits per heavy atom. The van der Waals surface area contributed by atoms with Crippen LogP contribution in [0.1, 0.15) is 46.0 Å². The first-order valence-electron chi connectivity index (χ1n) is 8.90. The monoisotopic (exact) mass is 325 g/mol. The highest BCUT2D eigenvalue weighted by Gasteiger charge is 2.36. The summed E-state index contributed by atoms with van der Waals surface area (Å²) in [4.78, 5) is 27.3. The fourth-order valence-electron chi connectivity index (χ4n) is 3.49. The second kappa shape index (κ2) is 8.64. The maximum absolute atomic E-state index is 13.1. The minimum atomic E-state index is -0.404. The number of hydrogen-bond donors (Lipinski definition) is 2. The SMILES string of the molecule is CN[C@@H](C)C(=O)N[C@H](C(=O)N1CCOC[C@H]1C)C1CCCCC1. The number of ether oxygens (including phenoxy) is 1. The van der Waals surface area contributed by atoms with Crippen LogP contribution in [0.2, 0.25) is 0 Å². The van der Waals surface area contributed by atoms with E-state index in [9.17, 15) is 9.59 Å². The molecular weight excluding hydrogens is 294 g/mol. The lowest BCUT2D eigenvalue weighted by Crippen LogP contribution is -2.59. The van der Waals surface area contributed by atoms with Gasteiger partial charge in [0, 0.05) is 6.54 Å². The summed E-state index contributed by atoms with van der Waals surface area (Å²) in [6, 6.07) is -0.629. The van der Waals surface area contributed by atoms with Crippen molar-refractivity contribution < 1.29 is 14.3 Å². The Balaban J connectivity index is 2.10. The number of carbonyl (C=O) groups excluding carboxylic acids is 2. The fourth-order valence-corrected chi connectivity index (χ4v) is 3.49. The average molecular weight is 325 g/mol. The van der Waals surface area contributed by atoms with Gasteiger partial charge in [-0.15, -0.1) is 0 Å². The maximum atomic E-state index is 13.1. The number of nitrogens with one attached hydrogen (secondary N) is 2. The number of nitrogens with zero attached hydrogens (tertiary/aromatic N) is 1. The number of amides is 2. The molecule has 0 aromatic heterocycles. The van der Waals surface area contributed by atoms with E-state index in [4.69, 9.17) is 4.74 Å². The van der Waals surface area contributed by atoms with Gasteiger partial charge >= 0.3 is 0 Å². The van der Waals surface area contributed by atoms with Crippen LogP contribution in [0, 0.1) is 5.92 Å². The molecule has 0 aromatic carbocycles. The zero-order chi connectivity index (χ0) is 16.8. The van der Waals surface area contributed by atoms with Crippen LogP contribution in [0.4, 0.5) is 0 Å². The van der Waals surface area contributed by atoms with Gasteiger partial charge in [0.1, 0.15) is 6.04 Å². The van der Waals surface area contributed by atoms with E-state index in [1.165, 1.54) is 6.42 Å². The molecule has 0 spiro atoms. The van der Waals surface area contributed by atoms with Crippen molar-refractivity contribution in [2.75, 3.05) is 26.8 Å². The van der Waals surface area contributed by atoms with Gasteiger partial charge in [0.25, 0.3) is 0 Å². The number of carbonyl (C=O) groups is 2. The number of hydrogen-bond acceptors (Lipinski definition) is 4. The molecule has 2 aliphatic rings. The maximum Gasteiger partial charge on any atom is 0.245 e. The number of morpholine rings is 1. The first kappa shape index (κ1) is 18.2. The van der Waals surface area contributed by atoms with Crippen LogP contribution in [0.5, 0.6) is 0 Å². The Bertz CT molecular complexity index is 410. The Kier molecular flexibility index (Phi) is 6.84. The van der Waals surface area contributed by atoms with E-state index < -0.39 is 6.04 Å². The molecule has 6 heteroatoms. The lowest BCUT2D eigenvalue weighted by Gasteiger charge is -2.39. The zero-order valence-electron chi connectivity index (χ0n) is 14.6. The summed E-state index contributed by atoms with van der Waals surface area (Å²) in [5, 5.41) is 5.96. The van der Waals surface area contributed by atoms with Crippen molar-refractivity contribution in [2.24, 2.45) is 5.92 Å². The van der Waals surface area contributed by atoms with Crippen molar-refractivity contribution in [1.82, 2.24) is 15.5 Å². The van der Waals surface area contributed by atoms with Crippen LogP contribution in [0.3, 0.4) is 0 Å². The van der Waals surface area contributed by atoms with Gasteiger partial charge in [-0.3, -0.25) is 9.59 Å². The predicted octanol–water partition coefficient (Wildman–Crippen LogP) is 0.907. The number of rotatable bonds is 5. The largest absolute Gasteiger partial charge is 0.377 e. The molecular formula is C17H31N3O3. The molecule has 23 heavy (non-hydrogen) atoms. The number of likely N-dealkylation sites (N-methyl/N-ethyl adjacent to an activating group) is 1. The molecule has 0 unspecified atom stereocenters. The molecule has 1 heterocycles. The van der Waals surface area contributed by atoms with Gasteiger partial charge in [-0.25, -0.2) is 0 Å². The summed E-state index contributed by atoms with van der Waals surface area (Å²) in [6.45, 7) is 5.58. The lowest BCUT2D eigenvalue weighted by atomic mass is 9.83. The molecule has 6 nitrogen and oxygen atoms in total. The van der Waals surface area contributed by atoms with E-state index in [0.29, 0.717) is 19.8 Å². The Labute approximate surface area is 139 Å². The molecule has 1 aliphatic carbocycles. The predicted molar refractivity (Wildman–Crippen MR) is 89.0 cm³/mol. The molecule has 0 aromatic rings. The summed E-state index contributed by atoms with van der Waals surface area (Å²) in [7, 11) is 1.76. The highest BCUT2D eigenvalue weighted by Crippen LogP contribution is 2.28. The minimum Gasteiger partial charge on any atom is -0.377 e. The van der Waals surface area contributed by atoms with Gasteiger partial charge in [0.05, 0.1) is 25.3 Å². The van der Waals surface area contributed by atoms with E-state index in [1.807, 2.05) is 18.7 Å². The molecule has 1 aliphatic heterocycles. The normalized spacial score (nSPS) is 25.7. The van der Waals surface area contributed by atoms with E-state index in [0.717, 1.165) is 25.7 Å². The standard InChI is InChI=1S/C17H31N3O3/c1-12-11-23-10-9-20(12)17(22)15(14-7-5-4-6-8-14)19-16(21)13(2)18-3/h12-15,18H,4-11H2,1-3H3,(H,19,21)/t12-,13+,15+/m1/s1. The highest BCUT2D eigenvalue weighted by atomic mass is 16.5. The van der Waals surface area contributed by atoms with Crippen molar-refractivity contribution in [3.63, 3.8) is 0 Å². The first-order valence-corrected chi connectivity index (χ1v) is 8.90. The van der Waals surface area contributed by atoms with Gasteiger partial charge < -0.3 is 20.3 Å². The van der Waals surface area contributed by atoms with Crippen LogP contribution in [-0.2, 0) is 14.3 Å². The summed E-state index contributed by atoms with van der Waals surface area (Å²) < 4.78 is 5.43. The Hall–Kier alpha value is -1.14. The Morgan fingerprint density at radius 1 is 1.22 bits per heavy atom. The minimum absolute atomic E-state index is 0.0596.